The Hall–Kier alpha value is -2.20. The summed E-state index contributed by atoms with van der Waals surface area (Å²) in [5, 5.41) is 9.00. The Morgan fingerprint density at radius 2 is 1.73 bits per heavy atom. The van der Waals surface area contributed by atoms with Crippen LogP contribution < -0.4 is 0 Å². The van der Waals surface area contributed by atoms with E-state index in [1.165, 1.54) is 0 Å². The lowest BCUT2D eigenvalue weighted by Gasteiger charge is -2.34. The highest BCUT2D eigenvalue weighted by molar-refractivity contribution is 7.89. The molecule has 26 heavy (non-hydrogen) atoms. The van der Waals surface area contributed by atoms with Gasteiger partial charge in [-0.1, -0.05) is 18.2 Å². The molecule has 0 radical (unpaired) electrons. The van der Waals surface area contributed by atoms with Crippen LogP contribution in [0.3, 0.4) is 0 Å². The van der Waals surface area contributed by atoms with Crippen LogP contribution in [0.1, 0.15) is 22.3 Å². The van der Waals surface area contributed by atoms with Crippen molar-refractivity contribution in [3.63, 3.8) is 0 Å². The highest BCUT2D eigenvalue weighted by atomic mass is 32.2. The molecule has 2 aromatic carbocycles. The van der Waals surface area contributed by atoms with Crippen LogP contribution in [-0.4, -0.2) is 43.8 Å². The third kappa shape index (κ3) is 3.96. The van der Waals surface area contributed by atoms with Gasteiger partial charge in [-0.3, -0.25) is 4.90 Å². The molecule has 1 saturated heterocycles. The first-order chi connectivity index (χ1) is 12.4. The van der Waals surface area contributed by atoms with Gasteiger partial charge in [0.15, 0.2) is 0 Å². The van der Waals surface area contributed by atoms with E-state index < -0.39 is 10.0 Å². The fourth-order valence-corrected chi connectivity index (χ4v) is 4.66. The quantitative estimate of drug-likeness (QED) is 0.831. The van der Waals surface area contributed by atoms with Gasteiger partial charge in [-0.05, 0) is 54.8 Å². The topological polar surface area (TPSA) is 64.4 Å². The summed E-state index contributed by atoms with van der Waals surface area (Å²) < 4.78 is 27.3. The Morgan fingerprint density at radius 3 is 2.38 bits per heavy atom. The van der Waals surface area contributed by atoms with Crippen molar-refractivity contribution >= 4 is 10.0 Å². The zero-order chi connectivity index (χ0) is 18.7. The van der Waals surface area contributed by atoms with Gasteiger partial charge in [0.2, 0.25) is 10.0 Å². The van der Waals surface area contributed by atoms with Gasteiger partial charge in [0, 0.05) is 32.7 Å². The van der Waals surface area contributed by atoms with Crippen molar-refractivity contribution in [2.75, 3.05) is 26.2 Å². The fraction of sp³-hybridized carbons (Fsp3) is 0.350. The Morgan fingerprint density at radius 1 is 1.00 bits per heavy atom. The monoisotopic (exact) mass is 369 g/mol. The van der Waals surface area contributed by atoms with Crippen LogP contribution in [-0.2, 0) is 16.6 Å². The summed E-state index contributed by atoms with van der Waals surface area (Å²) in [6.07, 6.45) is 0. The van der Waals surface area contributed by atoms with Crippen LogP contribution in [0.4, 0.5) is 0 Å². The predicted octanol–water partition coefficient (Wildman–Crippen LogP) is 2.68. The highest BCUT2D eigenvalue weighted by Gasteiger charge is 2.28. The molecule has 2 aromatic rings. The average molecular weight is 369 g/mol. The second kappa shape index (κ2) is 7.58. The summed E-state index contributed by atoms with van der Waals surface area (Å²) in [6.45, 7) is 6.96. The first kappa shape index (κ1) is 18.6. The number of sulfonamides is 1. The molecule has 6 heteroatoms. The van der Waals surface area contributed by atoms with Crippen molar-refractivity contribution in [2.45, 2.75) is 25.3 Å². The Kier molecular flexibility index (Phi) is 5.42. The second-order valence-electron chi connectivity index (χ2n) is 6.74. The van der Waals surface area contributed by atoms with Crippen LogP contribution in [0.5, 0.6) is 0 Å². The van der Waals surface area contributed by atoms with Crippen molar-refractivity contribution in [3.8, 4) is 6.07 Å². The maximum atomic E-state index is 12.9. The van der Waals surface area contributed by atoms with E-state index in [9.17, 15) is 8.42 Å². The molecule has 0 spiro atoms. The molecule has 0 amide bonds. The van der Waals surface area contributed by atoms with Gasteiger partial charge in [0.25, 0.3) is 0 Å². The van der Waals surface area contributed by atoms with Crippen molar-refractivity contribution in [1.29, 1.82) is 5.26 Å². The predicted molar refractivity (Wildman–Crippen MR) is 101 cm³/mol. The molecule has 1 heterocycles. The highest BCUT2D eigenvalue weighted by Crippen LogP contribution is 2.21. The molecule has 0 bridgehead atoms. The number of aryl methyl sites for hydroxylation is 2. The van der Waals surface area contributed by atoms with E-state index in [0.29, 0.717) is 36.6 Å². The van der Waals surface area contributed by atoms with E-state index in [1.54, 1.807) is 22.5 Å². The van der Waals surface area contributed by atoms with Gasteiger partial charge >= 0.3 is 0 Å². The number of hydrogen-bond donors (Lipinski definition) is 0. The molecule has 0 saturated carbocycles. The summed E-state index contributed by atoms with van der Waals surface area (Å²) in [5.74, 6) is 0. The third-order valence-electron chi connectivity index (χ3n) is 4.91. The summed E-state index contributed by atoms with van der Waals surface area (Å²) in [7, 11) is -3.44. The molecular formula is C20H23N3O2S. The lowest BCUT2D eigenvalue weighted by Crippen LogP contribution is -2.48. The standard InChI is InChI=1S/C20H23N3O2S/c1-16-6-7-20(12-17(16)2)26(24,25)23-10-8-22(9-11-23)15-19-5-3-4-18(13-19)14-21/h3-7,12-13H,8-11,15H2,1-2H3. The maximum absolute atomic E-state index is 12.9. The van der Waals surface area contributed by atoms with E-state index in [-0.39, 0.29) is 0 Å². The molecule has 5 nitrogen and oxygen atoms in total. The molecule has 1 aliphatic heterocycles. The van der Waals surface area contributed by atoms with Crippen molar-refractivity contribution in [2.24, 2.45) is 0 Å². The van der Waals surface area contributed by atoms with E-state index in [2.05, 4.69) is 11.0 Å². The number of rotatable bonds is 4. The number of nitriles is 1. The largest absolute Gasteiger partial charge is 0.296 e. The molecule has 0 atom stereocenters. The zero-order valence-corrected chi connectivity index (χ0v) is 16.0. The second-order valence-corrected chi connectivity index (χ2v) is 8.68. The van der Waals surface area contributed by atoms with Crippen molar-refractivity contribution in [1.82, 2.24) is 9.21 Å². The molecule has 1 aliphatic rings. The third-order valence-corrected chi connectivity index (χ3v) is 6.80. The van der Waals surface area contributed by atoms with Gasteiger partial charge in [-0.2, -0.15) is 9.57 Å². The van der Waals surface area contributed by atoms with Gasteiger partial charge in [-0.25, -0.2) is 8.42 Å². The van der Waals surface area contributed by atoms with Crippen LogP contribution in [0, 0.1) is 25.2 Å². The van der Waals surface area contributed by atoms with E-state index in [0.717, 1.165) is 23.2 Å². The molecule has 1 fully saturated rings. The van der Waals surface area contributed by atoms with E-state index >= 15 is 0 Å². The molecule has 0 N–H and O–H groups in total. The first-order valence-corrected chi connectivity index (χ1v) is 10.1. The smallest absolute Gasteiger partial charge is 0.243 e. The lowest BCUT2D eigenvalue weighted by atomic mass is 10.1. The van der Waals surface area contributed by atoms with Crippen LogP contribution in [0.15, 0.2) is 47.4 Å². The van der Waals surface area contributed by atoms with Crippen molar-refractivity contribution in [3.05, 3.63) is 64.7 Å². The van der Waals surface area contributed by atoms with Gasteiger partial charge < -0.3 is 0 Å². The molecule has 136 valence electrons. The molecule has 0 aromatic heterocycles. The van der Waals surface area contributed by atoms with E-state index in [4.69, 9.17) is 5.26 Å². The maximum Gasteiger partial charge on any atom is 0.243 e. The summed E-state index contributed by atoms with van der Waals surface area (Å²) in [6, 6.07) is 15.0. The van der Waals surface area contributed by atoms with Gasteiger partial charge in [0.1, 0.15) is 0 Å². The molecular weight excluding hydrogens is 346 g/mol. The molecule has 3 rings (SSSR count). The lowest BCUT2D eigenvalue weighted by molar-refractivity contribution is 0.181. The SMILES string of the molecule is Cc1ccc(S(=O)(=O)N2CCN(Cc3cccc(C#N)c3)CC2)cc1C. The van der Waals surface area contributed by atoms with Crippen LogP contribution in [0.25, 0.3) is 0 Å². The number of benzene rings is 2. The molecule has 0 aliphatic carbocycles. The van der Waals surface area contributed by atoms with Crippen LogP contribution >= 0.6 is 0 Å². The minimum Gasteiger partial charge on any atom is -0.296 e. The Labute approximate surface area is 155 Å². The number of nitrogens with zero attached hydrogens (tertiary/aromatic N) is 3. The number of piperazine rings is 1. The normalized spacial score (nSPS) is 16.3. The van der Waals surface area contributed by atoms with Gasteiger partial charge in [-0.15, -0.1) is 0 Å². The first-order valence-electron chi connectivity index (χ1n) is 8.69. The minimum absolute atomic E-state index is 0.371. The fourth-order valence-electron chi connectivity index (χ4n) is 3.15. The molecule has 0 unspecified atom stereocenters. The zero-order valence-electron chi connectivity index (χ0n) is 15.1. The summed E-state index contributed by atoms with van der Waals surface area (Å²) in [4.78, 5) is 2.60. The average Bonchev–Trinajstić information content (AvgIpc) is 2.64. The van der Waals surface area contributed by atoms with Crippen LogP contribution in [0.2, 0.25) is 0 Å². The summed E-state index contributed by atoms with van der Waals surface area (Å²) in [5.41, 5.74) is 3.81. The summed E-state index contributed by atoms with van der Waals surface area (Å²) >= 11 is 0. The Bertz CT molecular complexity index is 940. The minimum atomic E-state index is -3.44. The van der Waals surface area contributed by atoms with E-state index in [1.807, 2.05) is 38.1 Å². The Balaban J connectivity index is 1.65. The van der Waals surface area contributed by atoms with Gasteiger partial charge in [0.05, 0.1) is 16.5 Å². The number of hydrogen-bond acceptors (Lipinski definition) is 4. The van der Waals surface area contributed by atoms with Crippen molar-refractivity contribution < 1.29 is 8.42 Å².